The van der Waals surface area contributed by atoms with Gasteiger partial charge in [0.2, 0.25) is 0 Å². The minimum absolute atomic E-state index is 0.0240. The molecular formula is C18H28N2O2. The van der Waals surface area contributed by atoms with Gasteiger partial charge in [-0.15, -0.1) is 0 Å². The topological polar surface area (TPSA) is 43.8 Å². The molecular weight excluding hydrogens is 276 g/mol. The molecule has 0 spiro atoms. The van der Waals surface area contributed by atoms with Crippen molar-refractivity contribution in [2.75, 3.05) is 6.54 Å². The maximum atomic E-state index is 13.1. The molecule has 1 aliphatic heterocycles. The molecule has 1 heterocycles. The Bertz CT molecular complexity index is 511. The predicted octanol–water partition coefficient (Wildman–Crippen LogP) is 2.60. The maximum absolute atomic E-state index is 13.1. The lowest BCUT2D eigenvalue weighted by Gasteiger charge is -2.59. The summed E-state index contributed by atoms with van der Waals surface area (Å²) < 4.78 is 0. The van der Waals surface area contributed by atoms with Crippen LogP contribution >= 0.6 is 0 Å². The van der Waals surface area contributed by atoms with Crippen LogP contribution in [0.1, 0.15) is 58.8 Å². The van der Waals surface area contributed by atoms with Gasteiger partial charge in [0.25, 0.3) is 0 Å². The summed E-state index contributed by atoms with van der Waals surface area (Å²) in [6, 6.07) is 1.18. The van der Waals surface area contributed by atoms with Crippen molar-refractivity contribution in [3.05, 3.63) is 0 Å². The zero-order valence-electron chi connectivity index (χ0n) is 13.8. The third-order valence-corrected chi connectivity index (χ3v) is 7.12. The minimum atomic E-state index is -0.401. The third kappa shape index (κ3) is 1.76. The molecule has 22 heavy (non-hydrogen) atoms. The number of hydrogen-bond acceptors (Lipinski definition) is 2. The fourth-order valence-electron chi connectivity index (χ4n) is 6.64. The highest BCUT2D eigenvalue weighted by molar-refractivity contribution is 5.79. The van der Waals surface area contributed by atoms with Crippen molar-refractivity contribution in [2.24, 2.45) is 17.8 Å². The van der Waals surface area contributed by atoms with Gasteiger partial charge in [-0.25, -0.2) is 4.79 Å². The quantitative estimate of drug-likeness (QED) is 0.852. The molecule has 2 atom stereocenters. The summed E-state index contributed by atoms with van der Waals surface area (Å²) in [5.74, 6) is 1.79. The van der Waals surface area contributed by atoms with E-state index in [1.54, 1.807) is 0 Å². The van der Waals surface area contributed by atoms with Gasteiger partial charge in [0.15, 0.2) is 0 Å². The molecule has 1 N–H and O–H groups in total. The normalized spacial score (nSPS) is 49.3. The van der Waals surface area contributed by atoms with E-state index in [0.29, 0.717) is 29.8 Å². The number of rotatable bonds is 2. The summed E-state index contributed by atoms with van der Waals surface area (Å²) in [4.78, 5) is 17.5. The van der Waals surface area contributed by atoms with Crippen molar-refractivity contribution >= 4 is 6.03 Å². The van der Waals surface area contributed by atoms with Crippen LogP contribution in [-0.4, -0.2) is 50.7 Å². The van der Waals surface area contributed by atoms with Crippen LogP contribution in [0.4, 0.5) is 4.79 Å². The van der Waals surface area contributed by atoms with Crippen LogP contribution < -0.4 is 0 Å². The summed E-state index contributed by atoms with van der Waals surface area (Å²) in [5, 5.41) is 10.8. The highest BCUT2D eigenvalue weighted by Crippen LogP contribution is 2.58. The maximum Gasteiger partial charge on any atom is 0.321 e. The molecule has 0 aromatic heterocycles. The van der Waals surface area contributed by atoms with E-state index in [1.165, 1.54) is 25.7 Å². The smallest absolute Gasteiger partial charge is 0.321 e. The minimum Gasteiger partial charge on any atom is -0.390 e. The molecule has 1 saturated heterocycles. The first-order valence-corrected chi connectivity index (χ1v) is 9.19. The Kier molecular flexibility index (Phi) is 2.48. The van der Waals surface area contributed by atoms with Crippen LogP contribution in [-0.2, 0) is 0 Å². The van der Waals surface area contributed by atoms with E-state index in [-0.39, 0.29) is 11.6 Å². The first kappa shape index (κ1) is 13.6. The van der Waals surface area contributed by atoms with Gasteiger partial charge >= 0.3 is 6.03 Å². The SMILES string of the molecule is CC1(C)CN(C2C3CC4CC2CC(O)(C4)C3)C(=O)N1C1CC1. The van der Waals surface area contributed by atoms with E-state index in [2.05, 4.69) is 23.6 Å². The Labute approximate surface area is 132 Å². The van der Waals surface area contributed by atoms with Gasteiger partial charge in [0, 0.05) is 18.6 Å². The first-order valence-electron chi connectivity index (χ1n) is 9.19. The largest absolute Gasteiger partial charge is 0.390 e. The lowest BCUT2D eigenvalue weighted by molar-refractivity contribution is -0.152. The number of carbonyl (C=O) groups excluding carboxylic acids is 1. The van der Waals surface area contributed by atoms with Gasteiger partial charge in [-0.1, -0.05) is 0 Å². The van der Waals surface area contributed by atoms with Gasteiger partial charge in [-0.3, -0.25) is 0 Å². The number of nitrogens with zero attached hydrogens (tertiary/aromatic N) is 2. The van der Waals surface area contributed by atoms with Gasteiger partial charge in [-0.2, -0.15) is 0 Å². The molecule has 2 amide bonds. The van der Waals surface area contributed by atoms with Gasteiger partial charge in [-0.05, 0) is 76.5 Å². The number of urea groups is 1. The molecule has 0 aromatic carbocycles. The van der Waals surface area contributed by atoms with Crippen LogP contribution in [0, 0.1) is 17.8 Å². The van der Waals surface area contributed by atoms with E-state index >= 15 is 0 Å². The lowest BCUT2D eigenvalue weighted by atomic mass is 9.52. The van der Waals surface area contributed by atoms with E-state index in [1.807, 2.05) is 0 Å². The monoisotopic (exact) mass is 304 g/mol. The van der Waals surface area contributed by atoms with Crippen LogP contribution in [0.25, 0.3) is 0 Å². The van der Waals surface area contributed by atoms with Gasteiger partial charge < -0.3 is 14.9 Å². The predicted molar refractivity (Wildman–Crippen MR) is 83.3 cm³/mol. The van der Waals surface area contributed by atoms with Crippen molar-refractivity contribution in [1.29, 1.82) is 0 Å². The second-order valence-electron chi connectivity index (χ2n) is 9.51. The van der Waals surface area contributed by atoms with Crippen LogP contribution in [0.3, 0.4) is 0 Å². The third-order valence-electron chi connectivity index (χ3n) is 7.12. The second-order valence-corrected chi connectivity index (χ2v) is 9.51. The van der Waals surface area contributed by atoms with Crippen LogP contribution in [0.15, 0.2) is 0 Å². The molecule has 5 aliphatic carbocycles. The fourth-order valence-corrected chi connectivity index (χ4v) is 6.64. The Balaban J connectivity index is 1.45. The molecule has 4 nitrogen and oxygen atoms in total. The molecule has 4 bridgehead atoms. The standard InChI is InChI=1S/C18H28N2O2/c1-17(2)10-19(16(21)20(17)14-3-4-14)15-12-5-11-6-13(15)9-18(22,7-11)8-12/h11-15,22H,3-10H2,1-2H3. The highest BCUT2D eigenvalue weighted by atomic mass is 16.3. The molecule has 0 aromatic rings. The first-order chi connectivity index (χ1) is 10.4. The summed E-state index contributed by atoms with van der Waals surface area (Å²) in [6.45, 7) is 5.34. The molecule has 4 heteroatoms. The van der Waals surface area contributed by atoms with Crippen molar-refractivity contribution in [1.82, 2.24) is 9.80 Å². The van der Waals surface area contributed by atoms with Gasteiger partial charge in [0.1, 0.15) is 0 Å². The van der Waals surface area contributed by atoms with Gasteiger partial charge in [0.05, 0.1) is 11.1 Å². The molecule has 5 saturated carbocycles. The zero-order chi connectivity index (χ0) is 15.3. The Morgan fingerprint density at radius 1 is 1.09 bits per heavy atom. The van der Waals surface area contributed by atoms with Crippen LogP contribution in [0.2, 0.25) is 0 Å². The number of carbonyl (C=O) groups is 1. The highest BCUT2D eigenvalue weighted by Gasteiger charge is 2.60. The van der Waals surface area contributed by atoms with Crippen molar-refractivity contribution in [3.63, 3.8) is 0 Å². The molecule has 6 aliphatic rings. The number of hydrogen-bond donors (Lipinski definition) is 1. The summed E-state index contributed by atoms with van der Waals surface area (Å²) in [6.07, 6.45) is 7.70. The molecule has 122 valence electrons. The van der Waals surface area contributed by atoms with E-state index in [0.717, 1.165) is 25.8 Å². The fraction of sp³-hybridized carbons (Fsp3) is 0.944. The van der Waals surface area contributed by atoms with E-state index in [4.69, 9.17) is 0 Å². The number of amides is 2. The Morgan fingerprint density at radius 3 is 2.27 bits per heavy atom. The molecule has 2 unspecified atom stereocenters. The van der Waals surface area contributed by atoms with Crippen molar-refractivity contribution in [2.45, 2.75) is 82.0 Å². The van der Waals surface area contributed by atoms with Crippen molar-refractivity contribution < 1.29 is 9.90 Å². The zero-order valence-corrected chi connectivity index (χ0v) is 13.8. The molecule has 0 radical (unpaired) electrons. The average molecular weight is 304 g/mol. The Hall–Kier alpha value is -0.770. The van der Waals surface area contributed by atoms with E-state index in [9.17, 15) is 9.90 Å². The average Bonchev–Trinajstić information content (AvgIpc) is 3.15. The Morgan fingerprint density at radius 2 is 1.73 bits per heavy atom. The summed E-state index contributed by atoms with van der Waals surface area (Å²) >= 11 is 0. The number of aliphatic hydroxyl groups is 1. The molecule has 6 fully saturated rings. The second kappa shape index (κ2) is 4.00. The van der Waals surface area contributed by atoms with Crippen LogP contribution in [0.5, 0.6) is 0 Å². The summed E-state index contributed by atoms with van der Waals surface area (Å²) in [7, 11) is 0. The molecule has 6 rings (SSSR count). The van der Waals surface area contributed by atoms with Crippen molar-refractivity contribution in [3.8, 4) is 0 Å². The summed E-state index contributed by atoms with van der Waals surface area (Å²) in [5.41, 5.74) is -0.425. The van der Waals surface area contributed by atoms with E-state index < -0.39 is 5.60 Å². The lowest BCUT2D eigenvalue weighted by Crippen LogP contribution is -2.62.